The van der Waals surface area contributed by atoms with Crippen molar-refractivity contribution in [2.75, 3.05) is 0 Å². The first kappa shape index (κ1) is 13.4. The van der Waals surface area contributed by atoms with E-state index in [2.05, 4.69) is 15.5 Å². The number of carbonyl (C=O) groups excluding carboxylic acids is 1. The van der Waals surface area contributed by atoms with Crippen LogP contribution in [-0.2, 0) is 17.6 Å². The van der Waals surface area contributed by atoms with Crippen LogP contribution in [0.3, 0.4) is 0 Å². The fourth-order valence-electron chi connectivity index (χ4n) is 2.64. The van der Waals surface area contributed by atoms with Gasteiger partial charge in [-0.3, -0.25) is 9.89 Å². The number of benzene rings is 1. The van der Waals surface area contributed by atoms with Crippen molar-refractivity contribution in [3.05, 3.63) is 52.8 Å². The number of carbonyl (C=O) groups is 2. The van der Waals surface area contributed by atoms with Crippen LogP contribution in [0.5, 0.6) is 0 Å². The molecule has 0 bridgehead atoms. The van der Waals surface area contributed by atoms with Gasteiger partial charge in [0.1, 0.15) is 0 Å². The van der Waals surface area contributed by atoms with E-state index in [1.54, 1.807) is 30.3 Å². The Morgan fingerprint density at radius 1 is 1.24 bits per heavy atom. The van der Waals surface area contributed by atoms with Gasteiger partial charge in [-0.1, -0.05) is 30.3 Å². The van der Waals surface area contributed by atoms with Crippen LogP contribution in [0.2, 0.25) is 0 Å². The van der Waals surface area contributed by atoms with Gasteiger partial charge in [0.2, 0.25) is 0 Å². The molecule has 0 aliphatic heterocycles. The highest BCUT2D eigenvalue weighted by Gasteiger charge is 2.27. The van der Waals surface area contributed by atoms with Gasteiger partial charge in [-0.25, -0.2) is 4.79 Å². The van der Waals surface area contributed by atoms with E-state index in [1.165, 1.54) is 0 Å². The summed E-state index contributed by atoms with van der Waals surface area (Å²) >= 11 is 0. The van der Waals surface area contributed by atoms with Crippen LogP contribution in [0.4, 0.5) is 0 Å². The summed E-state index contributed by atoms with van der Waals surface area (Å²) in [5.41, 5.74) is 2.73. The molecular formula is C15H15N3O3. The molecule has 1 aliphatic rings. The summed E-state index contributed by atoms with van der Waals surface area (Å²) in [6.45, 7) is 0. The predicted molar refractivity (Wildman–Crippen MR) is 74.9 cm³/mol. The van der Waals surface area contributed by atoms with E-state index < -0.39 is 17.9 Å². The highest BCUT2D eigenvalue weighted by Crippen LogP contribution is 2.23. The van der Waals surface area contributed by atoms with Gasteiger partial charge in [-0.2, -0.15) is 5.10 Å². The van der Waals surface area contributed by atoms with Gasteiger partial charge in [0.05, 0.1) is 0 Å². The van der Waals surface area contributed by atoms with Crippen molar-refractivity contribution in [3.63, 3.8) is 0 Å². The lowest BCUT2D eigenvalue weighted by atomic mass is 10.1. The number of nitrogens with zero attached hydrogens (tertiary/aromatic N) is 1. The van der Waals surface area contributed by atoms with Crippen LogP contribution < -0.4 is 5.32 Å². The molecular weight excluding hydrogens is 270 g/mol. The number of amides is 1. The molecule has 0 radical (unpaired) electrons. The van der Waals surface area contributed by atoms with Crippen LogP contribution in [0.15, 0.2) is 30.3 Å². The van der Waals surface area contributed by atoms with Gasteiger partial charge in [-0.05, 0) is 24.8 Å². The first-order chi connectivity index (χ1) is 10.2. The molecule has 1 atom stereocenters. The van der Waals surface area contributed by atoms with Crippen molar-refractivity contribution in [2.24, 2.45) is 0 Å². The van der Waals surface area contributed by atoms with Crippen LogP contribution in [0.25, 0.3) is 0 Å². The Morgan fingerprint density at radius 2 is 2.00 bits per heavy atom. The van der Waals surface area contributed by atoms with Crippen molar-refractivity contribution >= 4 is 11.9 Å². The maximum absolute atomic E-state index is 12.3. The average molecular weight is 285 g/mol. The number of aliphatic carboxylic acids is 1. The molecule has 108 valence electrons. The number of hydrogen-bond acceptors (Lipinski definition) is 3. The third-order valence-corrected chi connectivity index (χ3v) is 3.68. The number of carboxylic acid groups (broad SMARTS) is 1. The standard InChI is InChI=1S/C15H15N3O3/c19-14(13-10-7-4-8-11(10)17-18-13)16-12(15(20)21)9-5-2-1-3-6-9/h1-3,5-6,12H,4,7-8H2,(H,16,19)(H,17,18)(H,20,21)/t12-/m1/s1. The second-order valence-electron chi connectivity index (χ2n) is 5.04. The SMILES string of the molecule is O=C(N[C@@H](C(=O)O)c1ccccc1)c1n[nH]c2c1CCC2. The minimum absolute atomic E-state index is 0.310. The van der Waals surface area contributed by atoms with Gasteiger partial charge in [-0.15, -0.1) is 0 Å². The lowest BCUT2D eigenvalue weighted by Gasteiger charge is -2.14. The molecule has 0 saturated carbocycles. The van der Waals surface area contributed by atoms with E-state index >= 15 is 0 Å². The van der Waals surface area contributed by atoms with E-state index in [-0.39, 0.29) is 0 Å². The summed E-state index contributed by atoms with van der Waals surface area (Å²) in [7, 11) is 0. The second kappa shape index (κ2) is 5.40. The molecule has 3 N–H and O–H groups in total. The van der Waals surface area contributed by atoms with Crippen LogP contribution in [0, 0.1) is 0 Å². The Balaban J connectivity index is 1.83. The lowest BCUT2D eigenvalue weighted by Crippen LogP contribution is -2.34. The van der Waals surface area contributed by atoms with Gasteiger partial charge >= 0.3 is 5.97 Å². The zero-order chi connectivity index (χ0) is 14.8. The predicted octanol–water partition coefficient (Wildman–Crippen LogP) is 1.45. The summed E-state index contributed by atoms with van der Waals surface area (Å²) < 4.78 is 0. The van der Waals surface area contributed by atoms with Crippen molar-refractivity contribution in [3.8, 4) is 0 Å². The van der Waals surface area contributed by atoms with Crippen molar-refractivity contribution in [2.45, 2.75) is 25.3 Å². The molecule has 1 amide bonds. The molecule has 6 nitrogen and oxygen atoms in total. The Morgan fingerprint density at radius 3 is 2.71 bits per heavy atom. The van der Waals surface area contributed by atoms with Gasteiger partial charge in [0, 0.05) is 11.3 Å². The van der Waals surface area contributed by atoms with E-state index in [0.717, 1.165) is 30.5 Å². The van der Waals surface area contributed by atoms with E-state index in [1.807, 2.05) is 0 Å². The van der Waals surface area contributed by atoms with Crippen LogP contribution >= 0.6 is 0 Å². The monoisotopic (exact) mass is 285 g/mol. The second-order valence-corrected chi connectivity index (χ2v) is 5.04. The van der Waals surface area contributed by atoms with E-state index in [9.17, 15) is 14.7 Å². The number of aryl methyl sites for hydroxylation is 1. The third kappa shape index (κ3) is 2.52. The average Bonchev–Trinajstić information content (AvgIpc) is 3.07. The minimum Gasteiger partial charge on any atom is -0.479 e. The minimum atomic E-state index is -1.10. The molecule has 2 aromatic rings. The Hall–Kier alpha value is -2.63. The van der Waals surface area contributed by atoms with E-state index in [0.29, 0.717) is 11.3 Å². The Labute approximate surface area is 121 Å². The van der Waals surface area contributed by atoms with Crippen molar-refractivity contribution in [1.29, 1.82) is 0 Å². The molecule has 1 aromatic carbocycles. The first-order valence-electron chi connectivity index (χ1n) is 6.81. The van der Waals surface area contributed by atoms with Gasteiger partial charge < -0.3 is 10.4 Å². The molecule has 1 aromatic heterocycles. The number of aromatic amines is 1. The number of aromatic nitrogens is 2. The highest BCUT2D eigenvalue weighted by molar-refractivity contribution is 5.96. The molecule has 0 saturated heterocycles. The summed E-state index contributed by atoms with van der Waals surface area (Å²) in [5.74, 6) is -1.55. The summed E-state index contributed by atoms with van der Waals surface area (Å²) in [5, 5.41) is 18.7. The third-order valence-electron chi connectivity index (χ3n) is 3.68. The largest absolute Gasteiger partial charge is 0.479 e. The zero-order valence-corrected chi connectivity index (χ0v) is 11.3. The fourth-order valence-corrected chi connectivity index (χ4v) is 2.64. The Kier molecular flexibility index (Phi) is 3.43. The summed E-state index contributed by atoms with van der Waals surface area (Å²) in [4.78, 5) is 23.7. The summed E-state index contributed by atoms with van der Waals surface area (Å²) in [6, 6.07) is 7.55. The number of hydrogen-bond donors (Lipinski definition) is 3. The fraction of sp³-hybridized carbons (Fsp3) is 0.267. The maximum atomic E-state index is 12.3. The number of rotatable bonds is 4. The first-order valence-corrected chi connectivity index (χ1v) is 6.81. The molecule has 6 heteroatoms. The summed E-state index contributed by atoms with van der Waals surface area (Å²) in [6.07, 6.45) is 2.68. The number of fused-ring (bicyclic) bond motifs is 1. The van der Waals surface area contributed by atoms with Gasteiger partial charge in [0.15, 0.2) is 11.7 Å². The van der Waals surface area contributed by atoms with Crippen molar-refractivity contribution < 1.29 is 14.7 Å². The molecule has 3 rings (SSSR count). The molecule has 21 heavy (non-hydrogen) atoms. The normalized spacial score (nSPS) is 14.5. The Bertz CT molecular complexity index is 679. The lowest BCUT2D eigenvalue weighted by molar-refractivity contribution is -0.139. The number of carboxylic acids is 1. The van der Waals surface area contributed by atoms with E-state index in [4.69, 9.17) is 0 Å². The number of H-pyrrole nitrogens is 1. The van der Waals surface area contributed by atoms with Gasteiger partial charge in [0.25, 0.3) is 5.91 Å². The molecule has 0 unspecified atom stereocenters. The quantitative estimate of drug-likeness (QED) is 0.792. The smallest absolute Gasteiger partial charge is 0.330 e. The molecule has 1 aliphatic carbocycles. The van der Waals surface area contributed by atoms with Crippen molar-refractivity contribution in [1.82, 2.24) is 15.5 Å². The molecule has 1 heterocycles. The van der Waals surface area contributed by atoms with Crippen LogP contribution in [0.1, 0.15) is 39.8 Å². The molecule has 0 fully saturated rings. The highest BCUT2D eigenvalue weighted by atomic mass is 16.4. The van der Waals surface area contributed by atoms with Crippen LogP contribution in [-0.4, -0.2) is 27.2 Å². The number of nitrogens with one attached hydrogen (secondary N) is 2. The maximum Gasteiger partial charge on any atom is 0.330 e. The molecule has 0 spiro atoms. The zero-order valence-electron chi connectivity index (χ0n) is 11.3. The topological polar surface area (TPSA) is 95.1 Å².